The lowest BCUT2D eigenvalue weighted by Gasteiger charge is -2.30. The number of allylic oxidation sites excluding steroid dienone is 2. The zero-order valence-corrected chi connectivity index (χ0v) is 21.2. The molecule has 182 valence electrons. The van der Waals surface area contributed by atoms with Gasteiger partial charge in [-0.3, -0.25) is 4.79 Å². The van der Waals surface area contributed by atoms with E-state index in [1.165, 1.54) is 0 Å². The normalized spacial score (nSPS) is 16.4. The Morgan fingerprint density at radius 1 is 0.972 bits per heavy atom. The maximum Gasteiger partial charge on any atom is 0.336 e. The SMILES string of the molecule is CCOC(=O)C1=C(C)NC2=C(C(=O)c3ccccc32)[C@H]1c1ccccc1OCc1ccc(Cl)c(Cl)c1. The third-order valence-corrected chi connectivity index (χ3v) is 7.09. The van der Waals surface area contributed by atoms with Gasteiger partial charge in [0.1, 0.15) is 12.4 Å². The van der Waals surface area contributed by atoms with E-state index in [1.54, 1.807) is 25.1 Å². The average Bonchev–Trinajstić information content (AvgIpc) is 3.16. The van der Waals surface area contributed by atoms with E-state index in [1.807, 2.05) is 55.5 Å². The van der Waals surface area contributed by atoms with Gasteiger partial charge in [0, 0.05) is 28.0 Å². The second-order valence-electron chi connectivity index (χ2n) is 8.56. The molecule has 3 aromatic rings. The number of Topliss-reactive ketones (excluding diaryl/α,β-unsaturated/α-hetero) is 1. The Morgan fingerprint density at radius 3 is 2.44 bits per heavy atom. The lowest BCUT2D eigenvalue weighted by Crippen LogP contribution is -2.29. The van der Waals surface area contributed by atoms with Crippen LogP contribution in [0.5, 0.6) is 5.75 Å². The van der Waals surface area contributed by atoms with Crippen molar-refractivity contribution in [3.63, 3.8) is 0 Å². The number of carbonyl (C=O) groups is 2. The summed E-state index contributed by atoms with van der Waals surface area (Å²) in [5.74, 6) is -0.695. The van der Waals surface area contributed by atoms with Crippen LogP contribution in [0.15, 0.2) is 83.6 Å². The number of ether oxygens (including phenoxy) is 2. The molecular weight excluding hydrogens is 497 g/mol. The van der Waals surface area contributed by atoms with Crippen LogP contribution in [0.25, 0.3) is 5.70 Å². The van der Waals surface area contributed by atoms with Gasteiger partial charge in [0.05, 0.1) is 33.8 Å². The van der Waals surface area contributed by atoms with Crippen molar-refractivity contribution in [1.82, 2.24) is 5.32 Å². The van der Waals surface area contributed by atoms with Crippen LogP contribution in [-0.2, 0) is 16.1 Å². The van der Waals surface area contributed by atoms with Crippen LogP contribution in [0.3, 0.4) is 0 Å². The first-order valence-corrected chi connectivity index (χ1v) is 12.3. The monoisotopic (exact) mass is 519 g/mol. The highest BCUT2D eigenvalue weighted by Gasteiger charge is 2.43. The van der Waals surface area contributed by atoms with E-state index in [4.69, 9.17) is 32.7 Å². The van der Waals surface area contributed by atoms with Crippen molar-refractivity contribution in [1.29, 1.82) is 0 Å². The molecule has 5 nitrogen and oxygen atoms in total. The molecule has 1 N–H and O–H groups in total. The topological polar surface area (TPSA) is 64.6 Å². The Labute approximate surface area is 219 Å². The highest BCUT2D eigenvalue weighted by Crippen LogP contribution is 2.48. The van der Waals surface area contributed by atoms with E-state index in [0.717, 1.165) is 11.1 Å². The van der Waals surface area contributed by atoms with Gasteiger partial charge < -0.3 is 14.8 Å². The van der Waals surface area contributed by atoms with Crippen molar-refractivity contribution in [3.05, 3.63) is 116 Å². The Kier molecular flexibility index (Phi) is 6.61. The summed E-state index contributed by atoms with van der Waals surface area (Å²) < 4.78 is 11.6. The summed E-state index contributed by atoms with van der Waals surface area (Å²) in [7, 11) is 0. The van der Waals surface area contributed by atoms with Crippen molar-refractivity contribution in [2.75, 3.05) is 6.61 Å². The molecule has 2 aliphatic rings. The van der Waals surface area contributed by atoms with Crippen molar-refractivity contribution >= 4 is 40.7 Å². The number of esters is 1. The minimum atomic E-state index is -0.662. The summed E-state index contributed by atoms with van der Waals surface area (Å²) in [6.45, 7) is 4.04. The molecule has 1 atom stereocenters. The van der Waals surface area contributed by atoms with Crippen molar-refractivity contribution in [2.24, 2.45) is 0 Å². The molecule has 7 heteroatoms. The Balaban J connectivity index is 1.61. The van der Waals surface area contributed by atoms with Crippen LogP contribution in [0.2, 0.25) is 10.0 Å². The molecule has 0 fully saturated rings. The van der Waals surface area contributed by atoms with Crippen molar-refractivity contribution in [3.8, 4) is 5.75 Å². The van der Waals surface area contributed by atoms with Gasteiger partial charge in [-0.1, -0.05) is 71.7 Å². The molecule has 3 aromatic carbocycles. The second kappa shape index (κ2) is 9.84. The Bertz CT molecular complexity index is 1460. The molecule has 0 unspecified atom stereocenters. The van der Waals surface area contributed by atoms with Gasteiger partial charge in [-0.2, -0.15) is 0 Å². The standard InChI is InChI=1S/C29H23Cl2NO4/c1-3-35-29(34)24-16(2)32-27-18-8-4-5-9-19(18)28(33)26(27)25(24)20-10-6-7-11-23(20)36-15-17-12-13-21(30)22(31)14-17/h4-14,25,32H,3,15H2,1-2H3/t25-/m0/s1. The van der Waals surface area contributed by atoms with Crippen LogP contribution >= 0.6 is 23.2 Å². The van der Waals surface area contributed by atoms with Gasteiger partial charge in [-0.25, -0.2) is 4.79 Å². The molecule has 1 aliphatic heterocycles. The summed E-state index contributed by atoms with van der Waals surface area (Å²) >= 11 is 12.2. The van der Waals surface area contributed by atoms with E-state index in [0.29, 0.717) is 49.5 Å². The number of para-hydroxylation sites is 1. The molecule has 0 amide bonds. The van der Waals surface area contributed by atoms with Gasteiger partial charge in [0.15, 0.2) is 5.78 Å². The minimum absolute atomic E-state index is 0.119. The lowest BCUT2D eigenvalue weighted by atomic mass is 9.79. The van der Waals surface area contributed by atoms with Crippen molar-refractivity contribution < 1.29 is 19.1 Å². The number of carbonyl (C=O) groups excluding carboxylic acids is 2. The van der Waals surface area contributed by atoms with Crippen LogP contribution in [0.1, 0.15) is 46.8 Å². The van der Waals surface area contributed by atoms with Crippen LogP contribution in [0.4, 0.5) is 0 Å². The summed E-state index contributed by atoms with van der Waals surface area (Å²) in [6, 6.07) is 20.2. The predicted octanol–water partition coefficient (Wildman–Crippen LogP) is 6.70. The number of hydrogen-bond donors (Lipinski definition) is 1. The first-order valence-electron chi connectivity index (χ1n) is 11.6. The maximum atomic E-state index is 13.7. The number of ketones is 1. The van der Waals surface area contributed by atoms with E-state index >= 15 is 0 Å². The summed E-state index contributed by atoms with van der Waals surface area (Å²) in [5.41, 5.74) is 5.22. The van der Waals surface area contributed by atoms with E-state index in [-0.39, 0.29) is 19.0 Å². The van der Waals surface area contributed by atoms with Crippen LogP contribution in [-0.4, -0.2) is 18.4 Å². The maximum absolute atomic E-state index is 13.7. The molecule has 0 spiro atoms. The van der Waals surface area contributed by atoms with Crippen LogP contribution < -0.4 is 10.1 Å². The summed E-state index contributed by atoms with van der Waals surface area (Å²) in [5, 5.41) is 4.22. The minimum Gasteiger partial charge on any atom is -0.489 e. The average molecular weight is 520 g/mol. The van der Waals surface area contributed by atoms with E-state index in [9.17, 15) is 9.59 Å². The second-order valence-corrected chi connectivity index (χ2v) is 9.37. The lowest BCUT2D eigenvalue weighted by molar-refractivity contribution is -0.138. The van der Waals surface area contributed by atoms with E-state index in [2.05, 4.69) is 5.32 Å². The van der Waals surface area contributed by atoms with Gasteiger partial charge >= 0.3 is 5.97 Å². The molecule has 0 aromatic heterocycles. The fourth-order valence-electron chi connectivity index (χ4n) is 4.76. The molecule has 5 rings (SSSR count). The van der Waals surface area contributed by atoms with Gasteiger partial charge in [-0.05, 0) is 37.6 Å². The molecule has 0 saturated heterocycles. The van der Waals surface area contributed by atoms with Gasteiger partial charge in [0.25, 0.3) is 0 Å². The number of dihydropyridines is 1. The summed E-state index contributed by atoms with van der Waals surface area (Å²) in [6.07, 6.45) is 0. The predicted molar refractivity (Wildman–Crippen MR) is 140 cm³/mol. The first kappa shape index (κ1) is 24.2. The third-order valence-electron chi connectivity index (χ3n) is 6.35. The largest absolute Gasteiger partial charge is 0.489 e. The molecule has 0 bridgehead atoms. The molecule has 0 radical (unpaired) electrons. The van der Waals surface area contributed by atoms with Crippen molar-refractivity contribution in [2.45, 2.75) is 26.4 Å². The quantitative estimate of drug-likeness (QED) is 0.367. The fraction of sp³-hybridized carbons (Fsp3) is 0.172. The summed E-state index contributed by atoms with van der Waals surface area (Å²) in [4.78, 5) is 26.9. The third kappa shape index (κ3) is 4.19. The molecule has 1 heterocycles. The molecule has 1 aliphatic carbocycles. The fourth-order valence-corrected chi connectivity index (χ4v) is 5.08. The smallest absolute Gasteiger partial charge is 0.336 e. The molecule has 0 saturated carbocycles. The highest BCUT2D eigenvalue weighted by atomic mass is 35.5. The van der Waals surface area contributed by atoms with Gasteiger partial charge in [-0.15, -0.1) is 0 Å². The number of hydrogen-bond acceptors (Lipinski definition) is 5. The van der Waals surface area contributed by atoms with Crippen LogP contribution in [0, 0.1) is 0 Å². The Hall–Kier alpha value is -3.54. The number of rotatable bonds is 6. The first-order chi connectivity index (χ1) is 17.4. The van der Waals surface area contributed by atoms with Gasteiger partial charge in [0.2, 0.25) is 0 Å². The molecular formula is C29H23Cl2NO4. The number of halogens is 2. The molecule has 36 heavy (non-hydrogen) atoms. The Morgan fingerprint density at radius 2 is 1.69 bits per heavy atom. The number of nitrogens with one attached hydrogen (secondary N) is 1. The highest BCUT2D eigenvalue weighted by molar-refractivity contribution is 6.42. The number of benzene rings is 3. The van der Waals surface area contributed by atoms with E-state index < -0.39 is 11.9 Å². The zero-order valence-electron chi connectivity index (χ0n) is 19.7. The zero-order chi connectivity index (χ0) is 25.4. The number of fused-ring (bicyclic) bond motifs is 2.